The molecule has 0 amide bonds. The Morgan fingerprint density at radius 2 is 2.17 bits per heavy atom. The molecule has 0 radical (unpaired) electrons. The van der Waals surface area contributed by atoms with Crippen LogP contribution in [-0.4, -0.2) is 29.2 Å². The van der Waals surface area contributed by atoms with Gasteiger partial charge in [0.05, 0.1) is 13.0 Å². The molecule has 98 valence electrons. The predicted octanol–water partition coefficient (Wildman–Crippen LogP) is 2.15. The Balaban J connectivity index is 1.89. The first-order valence-corrected chi connectivity index (χ1v) is 6.18. The van der Waals surface area contributed by atoms with Gasteiger partial charge in [-0.3, -0.25) is 4.79 Å². The number of hydrogen-bond acceptors (Lipinski definition) is 4. The van der Waals surface area contributed by atoms with Crippen LogP contribution in [0.5, 0.6) is 5.88 Å². The fourth-order valence-electron chi connectivity index (χ4n) is 2.33. The molecule has 0 aromatic carbocycles. The molecule has 0 unspecified atom stereocenters. The number of anilines is 1. The van der Waals surface area contributed by atoms with Crippen LogP contribution < -0.4 is 10.1 Å². The number of carboxylic acids is 1. The van der Waals surface area contributed by atoms with Crippen LogP contribution in [0.2, 0.25) is 0 Å². The van der Waals surface area contributed by atoms with Gasteiger partial charge in [-0.05, 0) is 31.7 Å². The van der Waals surface area contributed by atoms with Gasteiger partial charge in [0.1, 0.15) is 0 Å². The summed E-state index contributed by atoms with van der Waals surface area (Å²) in [6, 6.07) is 4.09. The van der Waals surface area contributed by atoms with Gasteiger partial charge in [0.15, 0.2) is 0 Å². The van der Waals surface area contributed by atoms with Gasteiger partial charge in [0, 0.05) is 24.0 Å². The second-order valence-electron chi connectivity index (χ2n) is 4.62. The van der Waals surface area contributed by atoms with Crippen LogP contribution in [0.25, 0.3) is 0 Å². The Bertz CT molecular complexity index is 414. The number of nitrogens with zero attached hydrogens (tertiary/aromatic N) is 1. The van der Waals surface area contributed by atoms with Crippen molar-refractivity contribution in [1.29, 1.82) is 0 Å². The summed E-state index contributed by atoms with van der Waals surface area (Å²) in [5.41, 5.74) is 0.973. The Kier molecular flexibility index (Phi) is 4.02. The Hall–Kier alpha value is -1.78. The molecule has 0 spiro atoms. The number of methoxy groups -OCH3 is 1. The highest BCUT2D eigenvalue weighted by Crippen LogP contribution is 2.27. The molecule has 0 saturated heterocycles. The van der Waals surface area contributed by atoms with E-state index in [4.69, 9.17) is 9.84 Å². The van der Waals surface area contributed by atoms with Crippen molar-refractivity contribution in [2.24, 2.45) is 5.92 Å². The zero-order valence-corrected chi connectivity index (χ0v) is 10.4. The number of rotatable bonds is 4. The van der Waals surface area contributed by atoms with Crippen LogP contribution in [0.4, 0.5) is 5.69 Å². The van der Waals surface area contributed by atoms with Gasteiger partial charge >= 0.3 is 5.97 Å². The molecule has 1 heterocycles. The van der Waals surface area contributed by atoms with Crippen molar-refractivity contribution in [3.63, 3.8) is 0 Å². The molecule has 2 N–H and O–H groups in total. The quantitative estimate of drug-likeness (QED) is 0.856. The minimum absolute atomic E-state index is 0.171. The summed E-state index contributed by atoms with van der Waals surface area (Å²) in [5.74, 6) is -0.256. The average Bonchev–Trinajstić information content (AvgIpc) is 2.39. The van der Waals surface area contributed by atoms with Gasteiger partial charge < -0.3 is 15.2 Å². The average molecular weight is 250 g/mol. The third-order valence-electron chi connectivity index (χ3n) is 3.39. The van der Waals surface area contributed by atoms with Crippen molar-refractivity contribution in [2.75, 3.05) is 12.4 Å². The first-order valence-electron chi connectivity index (χ1n) is 6.18. The summed E-state index contributed by atoms with van der Waals surface area (Å²) in [6.45, 7) is 0. The smallest absolute Gasteiger partial charge is 0.306 e. The largest absolute Gasteiger partial charge is 0.481 e. The molecule has 1 aliphatic rings. The van der Waals surface area contributed by atoms with E-state index in [1.165, 1.54) is 0 Å². The Morgan fingerprint density at radius 3 is 2.78 bits per heavy atom. The second kappa shape index (κ2) is 5.71. The highest BCUT2D eigenvalue weighted by molar-refractivity contribution is 5.70. The SMILES string of the molecule is COc1cc(NC2CCC(C(=O)O)CC2)ccn1. The Labute approximate surface area is 106 Å². The van der Waals surface area contributed by atoms with E-state index in [9.17, 15) is 4.79 Å². The molecule has 18 heavy (non-hydrogen) atoms. The van der Waals surface area contributed by atoms with Gasteiger partial charge in [-0.15, -0.1) is 0 Å². The van der Waals surface area contributed by atoms with E-state index in [2.05, 4.69) is 10.3 Å². The molecule has 1 fully saturated rings. The number of carbonyl (C=O) groups is 1. The summed E-state index contributed by atoms with van der Waals surface area (Å²) >= 11 is 0. The third-order valence-corrected chi connectivity index (χ3v) is 3.39. The lowest BCUT2D eigenvalue weighted by molar-refractivity contribution is -0.142. The molecular weight excluding hydrogens is 232 g/mol. The molecule has 1 aromatic rings. The fourth-order valence-corrected chi connectivity index (χ4v) is 2.33. The highest BCUT2D eigenvalue weighted by Gasteiger charge is 2.25. The zero-order chi connectivity index (χ0) is 13.0. The molecule has 0 bridgehead atoms. The maximum absolute atomic E-state index is 10.9. The van der Waals surface area contributed by atoms with Crippen molar-refractivity contribution < 1.29 is 14.6 Å². The zero-order valence-electron chi connectivity index (χ0n) is 10.4. The fraction of sp³-hybridized carbons (Fsp3) is 0.538. The van der Waals surface area contributed by atoms with Crippen LogP contribution in [0.3, 0.4) is 0 Å². The van der Waals surface area contributed by atoms with Gasteiger partial charge in [-0.2, -0.15) is 0 Å². The molecule has 1 aliphatic carbocycles. The summed E-state index contributed by atoms with van der Waals surface area (Å²) in [7, 11) is 1.59. The van der Waals surface area contributed by atoms with E-state index in [0.29, 0.717) is 11.9 Å². The van der Waals surface area contributed by atoms with Crippen molar-refractivity contribution >= 4 is 11.7 Å². The molecule has 0 atom stereocenters. The van der Waals surface area contributed by atoms with E-state index >= 15 is 0 Å². The minimum Gasteiger partial charge on any atom is -0.481 e. The molecule has 1 saturated carbocycles. The van der Waals surface area contributed by atoms with Crippen LogP contribution in [0.1, 0.15) is 25.7 Å². The molecule has 2 rings (SSSR count). The van der Waals surface area contributed by atoms with E-state index in [1.807, 2.05) is 12.1 Å². The number of pyridine rings is 1. The maximum atomic E-state index is 10.9. The molecule has 0 aliphatic heterocycles. The minimum atomic E-state index is -0.668. The summed E-state index contributed by atoms with van der Waals surface area (Å²) in [6.07, 6.45) is 4.97. The van der Waals surface area contributed by atoms with Gasteiger partial charge in [0.2, 0.25) is 5.88 Å². The molecule has 5 nitrogen and oxygen atoms in total. The van der Waals surface area contributed by atoms with Crippen molar-refractivity contribution in [3.05, 3.63) is 18.3 Å². The van der Waals surface area contributed by atoms with Crippen LogP contribution in [0, 0.1) is 5.92 Å². The number of nitrogens with one attached hydrogen (secondary N) is 1. The van der Waals surface area contributed by atoms with Crippen LogP contribution >= 0.6 is 0 Å². The lowest BCUT2D eigenvalue weighted by atomic mass is 9.86. The molecule has 5 heteroatoms. The maximum Gasteiger partial charge on any atom is 0.306 e. The predicted molar refractivity (Wildman–Crippen MR) is 67.8 cm³/mol. The van der Waals surface area contributed by atoms with E-state index in [-0.39, 0.29) is 5.92 Å². The second-order valence-corrected chi connectivity index (χ2v) is 4.62. The lowest BCUT2D eigenvalue weighted by Crippen LogP contribution is -2.29. The van der Waals surface area contributed by atoms with Crippen molar-refractivity contribution in [1.82, 2.24) is 4.98 Å². The van der Waals surface area contributed by atoms with Crippen molar-refractivity contribution in [2.45, 2.75) is 31.7 Å². The highest BCUT2D eigenvalue weighted by atomic mass is 16.5. The van der Waals surface area contributed by atoms with Crippen LogP contribution in [0.15, 0.2) is 18.3 Å². The number of aliphatic carboxylic acids is 1. The normalized spacial score (nSPS) is 23.4. The van der Waals surface area contributed by atoms with Crippen molar-refractivity contribution in [3.8, 4) is 5.88 Å². The lowest BCUT2D eigenvalue weighted by Gasteiger charge is -2.27. The third kappa shape index (κ3) is 3.12. The molecule has 1 aromatic heterocycles. The Morgan fingerprint density at radius 1 is 1.44 bits per heavy atom. The first-order chi connectivity index (χ1) is 8.69. The number of aromatic nitrogens is 1. The van der Waals surface area contributed by atoms with Crippen LogP contribution in [-0.2, 0) is 4.79 Å². The van der Waals surface area contributed by atoms with Gasteiger partial charge in [-0.25, -0.2) is 4.98 Å². The standard InChI is InChI=1S/C13H18N2O3/c1-18-12-8-11(6-7-14-12)15-10-4-2-9(3-5-10)13(16)17/h6-10H,2-5H2,1H3,(H,14,15)(H,16,17). The number of carboxylic acid groups (broad SMARTS) is 1. The van der Waals surface area contributed by atoms with Gasteiger partial charge in [-0.1, -0.05) is 0 Å². The summed E-state index contributed by atoms with van der Waals surface area (Å²) < 4.78 is 5.06. The summed E-state index contributed by atoms with van der Waals surface area (Å²) in [5, 5.41) is 12.3. The first kappa shape index (κ1) is 12.7. The van der Waals surface area contributed by atoms with Gasteiger partial charge in [0.25, 0.3) is 0 Å². The van der Waals surface area contributed by atoms with E-state index < -0.39 is 5.97 Å². The van der Waals surface area contributed by atoms with E-state index in [1.54, 1.807) is 13.3 Å². The topological polar surface area (TPSA) is 71.5 Å². The van der Waals surface area contributed by atoms with E-state index in [0.717, 1.165) is 31.4 Å². The molecular formula is C13H18N2O3. The number of hydrogen-bond donors (Lipinski definition) is 2. The summed E-state index contributed by atoms with van der Waals surface area (Å²) in [4.78, 5) is 14.9. The number of ether oxygens (including phenoxy) is 1. The monoisotopic (exact) mass is 250 g/mol.